The van der Waals surface area contributed by atoms with Gasteiger partial charge < -0.3 is 10.6 Å². The van der Waals surface area contributed by atoms with Crippen LogP contribution in [0.15, 0.2) is 18.2 Å². The Morgan fingerprint density at radius 2 is 1.84 bits per heavy atom. The third kappa shape index (κ3) is 3.25. The summed E-state index contributed by atoms with van der Waals surface area (Å²) in [6.07, 6.45) is 8.81. The van der Waals surface area contributed by atoms with Crippen LogP contribution < -0.4 is 10.6 Å². The summed E-state index contributed by atoms with van der Waals surface area (Å²) in [6, 6.07) is 4.15. The highest BCUT2D eigenvalue weighted by atomic mass is 35.5. The summed E-state index contributed by atoms with van der Waals surface area (Å²) in [5, 5.41) is 6.14. The average molecular weight is 365 g/mol. The van der Waals surface area contributed by atoms with Crippen molar-refractivity contribution in [3.63, 3.8) is 0 Å². The molecule has 0 unspecified atom stereocenters. The van der Waals surface area contributed by atoms with Crippen LogP contribution in [-0.2, 0) is 0 Å². The Kier molecular flexibility index (Phi) is 4.43. The Morgan fingerprint density at radius 1 is 1.24 bits per heavy atom. The molecule has 1 atom stereocenters. The smallest absolute Gasteiger partial charge is 0.319 e. The second-order valence-corrected chi connectivity index (χ2v) is 8.90. The summed E-state index contributed by atoms with van der Waals surface area (Å²) in [6.45, 7) is 2.15. The normalized spacial score (nSPS) is 34.0. The van der Waals surface area contributed by atoms with Gasteiger partial charge in [-0.25, -0.2) is 9.18 Å². The molecule has 136 valence electrons. The summed E-state index contributed by atoms with van der Waals surface area (Å²) < 4.78 is 13.9. The van der Waals surface area contributed by atoms with Gasteiger partial charge in [-0.2, -0.15) is 0 Å². The lowest BCUT2D eigenvalue weighted by molar-refractivity contribution is -0.0719. The molecule has 0 heterocycles. The lowest BCUT2D eigenvalue weighted by Crippen LogP contribution is -2.57. The highest BCUT2D eigenvalue weighted by Gasteiger charge is 2.54. The minimum absolute atomic E-state index is 0.163. The zero-order chi connectivity index (χ0) is 17.6. The van der Waals surface area contributed by atoms with E-state index in [1.54, 1.807) is 6.07 Å². The van der Waals surface area contributed by atoms with Crippen LogP contribution >= 0.6 is 11.6 Å². The Labute approximate surface area is 153 Å². The fraction of sp³-hybridized carbons (Fsp3) is 0.650. The molecule has 0 spiro atoms. The Morgan fingerprint density at radius 3 is 2.36 bits per heavy atom. The highest BCUT2D eigenvalue weighted by Crippen LogP contribution is 2.61. The molecular weight excluding hydrogens is 339 g/mol. The molecule has 0 radical (unpaired) electrons. The minimum Gasteiger partial charge on any atom is -0.335 e. The van der Waals surface area contributed by atoms with Crippen LogP contribution in [0.2, 0.25) is 5.02 Å². The second kappa shape index (κ2) is 6.46. The lowest BCUT2D eigenvalue weighted by atomic mass is 9.47. The van der Waals surface area contributed by atoms with Crippen LogP contribution in [0.4, 0.5) is 14.9 Å². The van der Waals surface area contributed by atoms with Crippen LogP contribution in [0.1, 0.15) is 51.9 Å². The van der Waals surface area contributed by atoms with Gasteiger partial charge >= 0.3 is 6.03 Å². The Balaban J connectivity index is 1.46. The summed E-state index contributed by atoms with van der Waals surface area (Å²) in [5.41, 5.74) is 0.418. The van der Waals surface area contributed by atoms with Gasteiger partial charge in [0.2, 0.25) is 0 Å². The summed E-state index contributed by atoms with van der Waals surface area (Å²) >= 11 is 5.77. The first-order chi connectivity index (χ1) is 12.0. The van der Waals surface area contributed by atoms with Crippen molar-refractivity contribution in [3.8, 4) is 0 Å². The van der Waals surface area contributed by atoms with E-state index in [0.29, 0.717) is 5.02 Å². The van der Waals surface area contributed by atoms with Crippen molar-refractivity contribution in [3.05, 3.63) is 29.0 Å². The van der Waals surface area contributed by atoms with Crippen LogP contribution in [0, 0.1) is 29.0 Å². The van der Waals surface area contributed by atoms with Crippen LogP contribution in [0.3, 0.4) is 0 Å². The Hall–Kier alpha value is -1.29. The monoisotopic (exact) mass is 364 g/mol. The predicted octanol–water partition coefficient (Wildman–Crippen LogP) is 5.60. The fourth-order valence-corrected chi connectivity index (χ4v) is 6.36. The first-order valence-corrected chi connectivity index (χ1v) is 9.88. The molecule has 4 aliphatic rings. The molecule has 2 N–H and O–H groups in total. The van der Waals surface area contributed by atoms with Crippen molar-refractivity contribution in [1.82, 2.24) is 5.32 Å². The summed E-state index contributed by atoms with van der Waals surface area (Å²) in [5.74, 6) is 2.03. The number of anilines is 1. The van der Waals surface area contributed by atoms with E-state index in [2.05, 4.69) is 17.6 Å². The maximum atomic E-state index is 13.9. The maximum absolute atomic E-state index is 13.9. The van der Waals surface area contributed by atoms with Gasteiger partial charge in [0, 0.05) is 11.1 Å². The molecule has 5 heteroatoms. The Bertz CT molecular complexity index is 642. The van der Waals surface area contributed by atoms with E-state index in [0.717, 1.165) is 24.2 Å². The van der Waals surface area contributed by atoms with Crippen molar-refractivity contribution in [2.75, 3.05) is 5.32 Å². The number of urea groups is 1. The van der Waals surface area contributed by atoms with Gasteiger partial charge in [-0.3, -0.25) is 0 Å². The molecule has 0 aliphatic heterocycles. The number of rotatable bonds is 4. The zero-order valence-electron chi connectivity index (χ0n) is 14.7. The van der Waals surface area contributed by atoms with E-state index in [1.165, 1.54) is 50.7 Å². The van der Waals surface area contributed by atoms with E-state index in [9.17, 15) is 9.18 Å². The van der Waals surface area contributed by atoms with Crippen molar-refractivity contribution < 1.29 is 9.18 Å². The third-order valence-corrected chi connectivity index (χ3v) is 6.95. The predicted molar refractivity (Wildman–Crippen MR) is 98.2 cm³/mol. The second-order valence-electron chi connectivity index (χ2n) is 8.46. The number of nitrogens with one attached hydrogen (secondary N) is 2. The number of hydrogen-bond donors (Lipinski definition) is 2. The third-order valence-electron chi connectivity index (χ3n) is 6.72. The average Bonchev–Trinajstić information content (AvgIpc) is 2.54. The van der Waals surface area contributed by atoms with E-state index in [4.69, 9.17) is 11.6 Å². The van der Waals surface area contributed by atoms with Gasteiger partial charge in [-0.1, -0.05) is 18.5 Å². The topological polar surface area (TPSA) is 41.1 Å². The maximum Gasteiger partial charge on any atom is 0.319 e. The van der Waals surface area contributed by atoms with Gasteiger partial charge in [0.1, 0.15) is 5.82 Å². The van der Waals surface area contributed by atoms with Crippen LogP contribution in [0.5, 0.6) is 0 Å². The van der Waals surface area contributed by atoms with E-state index >= 15 is 0 Å². The molecule has 25 heavy (non-hydrogen) atoms. The van der Waals surface area contributed by atoms with E-state index in [1.807, 2.05) is 0 Å². The molecule has 2 amide bonds. The molecular formula is C20H26ClFN2O. The van der Waals surface area contributed by atoms with Crippen molar-refractivity contribution in [2.24, 2.45) is 23.2 Å². The molecule has 4 saturated carbocycles. The molecule has 4 fully saturated rings. The molecule has 1 aromatic rings. The lowest BCUT2D eigenvalue weighted by Gasteiger charge is -2.59. The minimum atomic E-state index is -0.509. The number of hydrogen-bond acceptors (Lipinski definition) is 1. The van der Waals surface area contributed by atoms with Gasteiger partial charge in [-0.15, -0.1) is 0 Å². The number of carbonyl (C=O) groups excluding carboxylic acids is 1. The largest absolute Gasteiger partial charge is 0.335 e. The van der Waals surface area contributed by atoms with Crippen LogP contribution in [-0.4, -0.2) is 12.1 Å². The molecule has 3 nitrogen and oxygen atoms in total. The van der Waals surface area contributed by atoms with Crippen molar-refractivity contribution >= 4 is 23.3 Å². The SMILES string of the molecule is CC[C@@H](NC(=O)Nc1ccc(Cl)cc1F)C12CC3CC(CC(C3)C1)C2. The van der Waals surface area contributed by atoms with Gasteiger partial charge in [-0.05, 0) is 86.3 Å². The molecule has 1 aromatic carbocycles. The number of amides is 2. The van der Waals surface area contributed by atoms with Gasteiger partial charge in [0.15, 0.2) is 0 Å². The van der Waals surface area contributed by atoms with E-state index in [-0.39, 0.29) is 23.2 Å². The van der Waals surface area contributed by atoms with Crippen LogP contribution in [0.25, 0.3) is 0 Å². The summed E-state index contributed by atoms with van der Waals surface area (Å²) in [4.78, 5) is 12.5. The zero-order valence-corrected chi connectivity index (χ0v) is 15.4. The molecule has 0 aromatic heterocycles. The van der Waals surface area contributed by atoms with E-state index < -0.39 is 5.82 Å². The standard InChI is InChI=1S/C20H26ClFN2O/c1-2-18(20-9-12-5-13(10-20)7-14(6-12)11-20)24-19(25)23-17-4-3-15(21)8-16(17)22/h3-4,8,12-14,18H,2,5-7,9-11H2,1H3,(H2,23,24,25)/t12?,13?,14?,18-,20?/m1/s1. The molecule has 4 aliphatic carbocycles. The molecule has 0 saturated heterocycles. The highest BCUT2D eigenvalue weighted by molar-refractivity contribution is 6.30. The first kappa shape index (κ1) is 17.1. The molecule has 5 rings (SSSR count). The van der Waals surface area contributed by atoms with Crippen molar-refractivity contribution in [1.29, 1.82) is 0 Å². The fourth-order valence-electron chi connectivity index (χ4n) is 6.20. The number of halogens is 2. The van der Waals surface area contributed by atoms with Gasteiger partial charge in [0.25, 0.3) is 0 Å². The number of benzene rings is 1. The number of carbonyl (C=O) groups is 1. The summed E-state index contributed by atoms with van der Waals surface area (Å²) in [7, 11) is 0. The quantitative estimate of drug-likeness (QED) is 0.717. The molecule has 4 bridgehead atoms. The van der Waals surface area contributed by atoms with Gasteiger partial charge in [0.05, 0.1) is 5.69 Å². The van der Waals surface area contributed by atoms with Crippen molar-refractivity contribution in [2.45, 2.75) is 57.9 Å². The first-order valence-electron chi connectivity index (χ1n) is 9.50.